The van der Waals surface area contributed by atoms with E-state index >= 15 is 0 Å². The lowest BCUT2D eigenvalue weighted by molar-refractivity contribution is 0.00887. The maximum absolute atomic E-state index is 14.3. The van der Waals surface area contributed by atoms with Gasteiger partial charge in [0.25, 0.3) is 5.91 Å². The van der Waals surface area contributed by atoms with Crippen LogP contribution in [0.3, 0.4) is 0 Å². The normalized spacial score (nSPS) is 19.3. The highest BCUT2D eigenvalue weighted by atomic mass is 19.1. The van der Waals surface area contributed by atoms with E-state index in [9.17, 15) is 9.18 Å². The minimum Gasteiger partial charge on any atom is -0.365 e. The van der Waals surface area contributed by atoms with Crippen LogP contribution in [-0.2, 0) is 11.3 Å². The number of carbonyl (C=O) groups excluding carboxylic acids is 1. The molecule has 3 aromatic rings. The van der Waals surface area contributed by atoms with Crippen LogP contribution in [0.25, 0.3) is 11.0 Å². The number of benzene rings is 2. The molecule has 2 heterocycles. The summed E-state index contributed by atoms with van der Waals surface area (Å²) in [6.45, 7) is 0.326. The minimum atomic E-state index is -1.24. The maximum atomic E-state index is 14.3. The standard InChI is InChI=1S/C20H17FN4O2/c21-15-10-25(20(26)14-4-2-1-3-5-14)11-18(15)27-12-19-23-16-7-6-13(9-22)8-17(16)24-19/h1-8,15,18H,10-12H2,(H,23,24). The molecule has 1 aliphatic heterocycles. The highest BCUT2D eigenvalue weighted by molar-refractivity contribution is 5.94. The number of fused-ring (bicyclic) bond motifs is 1. The van der Waals surface area contributed by atoms with Crippen LogP contribution in [0.15, 0.2) is 48.5 Å². The van der Waals surface area contributed by atoms with Crippen molar-refractivity contribution in [1.82, 2.24) is 14.9 Å². The summed E-state index contributed by atoms with van der Waals surface area (Å²) < 4.78 is 20.0. The molecule has 6 nitrogen and oxygen atoms in total. The fraction of sp³-hybridized carbons (Fsp3) is 0.250. The van der Waals surface area contributed by atoms with Crippen molar-refractivity contribution in [3.05, 3.63) is 65.5 Å². The van der Waals surface area contributed by atoms with Crippen molar-refractivity contribution in [2.45, 2.75) is 18.9 Å². The Morgan fingerprint density at radius 3 is 2.89 bits per heavy atom. The van der Waals surface area contributed by atoms with Crippen molar-refractivity contribution >= 4 is 16.9 Å². The van der Waals surface area contributed by atoms with Crippen molar-refractivity contribution in [3.8, 4) is 6.07 Å². The third kappa shape index (κ3) is 3.52. The van der Waals surface area contributed by atoms with E-state index in [1.54, 1.807) is 42.5 Å². The van der Waals surface area contributed by atoms with Gasteiger partial charge in [0.05, 0.1) is 35.8 Å². The largest absolute Gasteiger partial charge is 0.365 e. The van der Waals surface area contributed by atoms with Crippen molar-refractivity contribution in [1.29, 1.82) is 5.26 Å². The van der Waals surface area contributed by atoms with Crippen LogP contribution in [0, 0.1) is 11.3 Å². The first-order valence-electron chi connectivity index (χ1n) is 8.63. The molecule has 0 radical (unpaired) electrons. The number of ether oxygens (including phenoxy) is 1. The van der Waals surface area contributed by atoms with Crippen LogP contribution in [-0.4, -0.2) is 46.1 Å². The second kappa shape index (κ2) is 7.17. The van der Waals surface area contributed by atoms with E-state index in [0.717, 1.165) is 11.0 Å². The Kier molecular flexibility index (Phi) is 4.57. The lowest BCUT2D eigenvalue weighted by Crippen LogP contribution is -2.30. The predicted molar refractivity (Wildman–Crippen MR) is 96.6 cm³/mol. The molecule has 1 N–H and O–H groups in total. The number of H-pyrrole nitrogens is 1. The minimum absolute atomic E-state index is 0.0179. The van der Waals surface area contributed by atoms with Crippen LogP contribution in [0.4, 0.5) is 4.39 Å². The number of rotatable bonds is 4. The predicted octanol–water partition coefficient (Wildman–Crippen LogP) is 2.81. The van der Waals surface area contributed by atoms with Gasteiger partial charge in [-0.15, -0.1) is 0 Å². The summed E-state index contributed by atoms with van der Waals surface area (Å²) in [7, 11) is 0. The molecule has 136 valence electrons. The van der Waals surface area contributed by atoms with E-state index in [1.165, 1.54) is 4.90 Å². The Hall–Kier alpha value is -3.24. The van der Waals surface area contributed by atoms with E-state index < -0.39 is 12.3 Å². The zero-order valence-corrected chi connectivity index (χ0v) is 14.4. The summed E-state index contributed by atoms with van der Waals surface area (Å²) in [5.41, 5.74) is 2.53. The van der Waals surface area contributed by atoms with Gasteiger partial charge in [-0.2, -0.15) is 5.26 Å². The number of carbonyl (C=O) groups is 1. The van der Waals surface area contributed by atoms with Crippen LogP contribution in [0.1, 0.15) is 21.7 Å². The summed E-state index contributed by atoms with van der Waals surface area (Å²) in [6.07, 6.45) is -1.94. The average Bonchev–Trinajstić information content (AvgIpc) is 3.28. The zero-order valence-electron chi connectivity index (χ0n) is 14.4. The molecule has 2 unspecified atom stereocenters. The van der Waals surface area contributed by atoms with E-state index in [1.807, 2.05) is 6.07 Å². The Morgan fingerprint density at radius 1 is 1.30 bits per heavy atom. The number of hydrogen-bond acceptors (Lipinski definition) is 4. The third-order valence-corrected chi connectivity index (χ3v) is 4.60. The number of aromatic amines is 1. The Labute approximate surface area is 155 Å². The SMILES string of the molecule is N#Cc1ccc2nc(COC3CN(C(=O)c4ccccc4)CC3F)[nH]c2c1. The summed E-state index contributed by atoms with van der Waals surface area (Å²) >= 11 is 0. The van der Waals surface area contributed by atoms with E-state index in [2.05, 4.69) is 16.0 Å². The van der Waals surface area contributed by atoms with E-state index in [-0.39, 0.29) is 25.6 Å². The van der Waals surface area contributed by atoms with E-state index in [4.69, 9.17) is 10.00 Å². The van der Waals surface area contributed by atoms with Crippen molar-refractivity contribution < 1.29 is 13.9 Å². The number of imidazole rings is 1. The van der Waals surface area contributed by atoms with Gasteiger partial charge in [0.2, 0.25) is 0 Å². The van der Waals surface area contributed by atoms with Gasteiger partial charge in [0.1, 0.15) is 24.7 Å². The molecule has 0 spiro atoms. The van der Waals surface area contributed by atoms with Crippen LogP contribution in [0.5, 0.6) is 0 Å². The van der Waals surface area contributed by atoms with Gasteiger partial charge in [0.15, 0.2) is 0 Å². The van der Waals surface area contributed by atoms with Gasteiger partial charge in [-0.25, -0.2) is 9.37 Å². The molecule has 27 heavy (non-hydrogen) atoms. The molecule has 0 saturated carbocycles. The van der Waals surface area contributed by atoms with Gasteiger partial charge in [-0.3, -0.25) is 4.79 Å². The molecule has 1 aliphatic rings. The smallest absolute Gasteiger partial charge is 0.254 e. The molecule has 0 bridgehead atoms. The summed E-state index contributed by atoms with van der Waals surface area (Å²) in [5.74, 6) is 0.359. The third-order valence-electron chi connectivity index (χ3n) is 4.60. The Balaban J connectivity index is 1.40. The first-order chi connectivity index (χ1) is 13.1. The van der Waals surface area contributed by atoms with Gasteiger partial charge < -0.3 is 14.6 Å². The number of hydrogen-bond donors (Lipinski definition) is 1. The highest BCUT2D eigenvalue weighted by Crippen LogP contribution is 2.21. The van der Waals surface area contributed by atoms with Crippen molar-refractivity contribution in [2.24, 2.45) is 0 Å². The molecule has 1 amide bonds. The Morgan fingerprint density at radius 2 is 2.11 bits per heavy atom. The molecule has 4 rings (SSSR count). The summed E-state index contributed by atoms with van der Waals surface area (Å²) in [6, 6.07) is 16.0. The monoisotopic (exact) mass is 364 g/mol. The lowest BCUT2D eigenvalue weighted by atomic mass is 10.2. The fourth-order valence-corrected chi connectivity index (χ4v) is 3.21. The maximum Gasteiger partial charge on any atom is 0.254 e. The van der Waals surface area contributed by atoms with Crippen LogP contribution in [0.2, 0.25) is 0 Å². The number of alkyl halides is 1. The number of nitrogens with one attached hydrogen (secondary N) is 1. The summed E-state index contributed by atoms with van der Waals surface area (Å²) in [4.78, 5) is 21.4. The molecule has 7 heteroatoms. The first kappa shape index (κ1) is 17.2. The average molecular weight is 364 g/mol. The van der Waals surface area contributed by atoms with Gasteiger partial charge >= 0.3 is 0 Å². The fourth-order valence-electron chi connectivity index (χ4n) is 3.21. The number of likely N-dealkylation sites (tertiary alicyclic amines) is 1. The zero-order chi connectivity index (χ0) is 18.8. The molecular weight excluding hydrogens is 347 g/mol. The second-order valence-corrected chi connectivity index (χ2v) is 6.47. The van der Waals surface area contributed by atoms with E-state index in [0.29, 0.717) is 17.0 Å². The van der Waals surface area contributed by atoms with Gasteiger partial charge in [0, 0.05) is 5.56 Å². The second-order valence-electron chi connectivity index (χ2n) is 6.47. The quantitative estimate of drug-likeness (QED) is 0.772. The Bertz CT molecular complexity index is 1010. The number of aromatic nitrogens is 2. The lowest BCUT2D eigenvalue weighted by Gasteiger charge is -2.16. The molecule has 2 atom stereocenters. The molecular formula is C20H17FN4O2. The number of nitrogens with zero attached hydrogens (tertiary/aromatic N) is 3. The molecule has 1 fully saturated rings. The number of nitriles is 1. The molecule has 0 aliphatic carbocycles. The first-order valence-corrected chi connectivity index (χ1v) is 8.63. The topological polar surface area (TPSA) is 82.0 Å². The number of amides is 1. The van der Waals surface area contributed by atoms with Crippen LogP contribution >= 0.6 is 0 Å². The van der Waals surface area contributed by atoms with Gasteiger partial charge in [-0.1, -0.05) is 18.2 Å². The number of halogens is 1. The van der Waals surface area contributed by atoms with Crippen LogP contribution < -0.4 is 0 Å². The molecule has 1 aromatic heterocycles. The van der Waals surface area contributed by atoms with Gasteiger partial charge in [-0.05, 0) is 30.3 Å². The van der Waals surface area contributed by atoms with Crippen molar-refractivity contribution in [2.75, 3.05) is 13.1 Å². The molecule has 1 saturated heterocycles. The summed E-state index contributed by atoms with van der Waals surface area (Å²) in [5, 5.41) is 8.95. The molecule has 2 aromatic carbocycles. The highest BCUT2D eigenvalue weighted by Gasteiger charge is 2.36. The van der Waals surface area contributed by atoms with Crippen molar-refractivity contribution in [3.63, 3.8) is 0 Å².